The molecule has 1 saturated heterocycles. The van der Waals surface area contributed by atoms with Crippen LogP contribution in [0.25, 0.3) is 0 Å². The van der Waals surface area contributed by atoms with Gasteiger partial charge in [0.1, 0.15) is 5.82 Å². The minimum atomic E-state index is -0.103. The van der Waals surface area contributed by atoms with Crippen LogP contribution in [0.3, 0.4) is 0 Å². The molecule has 1 aromatic carbocycles. The quantitative estimate of drug-likeness (QED) is 0.671. The lowest BCUT2D eigenvalue weighted by atomic mass is 10.0. The van der Waals surface area contributed by atoms with Gasteiger partial charge in [-0.1, -0.05) is 30.7 Å². The van der Waals surface area contributed by atoms with E-state index in [1.54, 1.807) is 12.1 Å². The van der Waals surface area contributed by atoms with Gasteiger partial charge in [-0.15, -0.1) is 0 Å². The van der Waals surface area contributed by atoms with E-state index < -0.39 is 0 Å². The van der Waals surface area contributed by atoms with Crippen LogP contribution >= 0.6 is 0 Å². The first kappa shape index (κ1) is 18.0. The van der Waals surface area contributed by atoms with Crippen molar-refractivity contribution in [1.82, 2.24) is 4.90 Å². The van der Waals surface area contributed by atoms with E-state index in [2.05, 4.69) is 36.6 Å². The summed E-state index contributed by atoms with van der Waals surface area (Å²) in [6.45, 7) is 11.8. The van der Waals surface area contributed by atoms with Crippen LogP contribution in [-0.2, 0) is 0 Å². The molecule has 1 fully saturated rings. The molecular formula is C20H31FN2. The zero-order valence-corrected chi connectivity index (χ0v) is 14.9. The van der Waals surface area contributed by atoms with Gasteiger partial charge in [0, 0.05) is 26.2 Å². The zero-order chi connectivity index (χ0) is 16.7. The molecule has 1 heterocycles. The first-order valence-electron chi connectivity index (χ1n) is 8.91. The summed E-state index contributed by atoms with van der Waals surface area (Å²) in [4.78, 5) is 4.69. The highest BCUT2D eigenvalue weighted by Gasteiger charge is 2.19. The number of anilines is 1. The molecule has 0 bridgehead atoms. The van der Waals surface area contributed by atoms with E-state index in [0.29, 0.717) is 0 Å². The van der Waals surface area contributed by atoms with Crippen LogP contribution in [0.4, 0.5) is 10.1 Å². The molecule has 0 radical (unpaired) electrons. The third kappa shape index (κ3) is 5.98. The van der Waals surface area contributed by atoms with Crippen molar-refractivity contribution >= 4 is 5.69 Å². The molecule has 0 aliphatic carbocycles. The number of allylic oxidation sites excluding steroid dienone is 2. The predicted molar refractivity (Wildman–Crippen MR) is 97.5 cm³/mol. The van der Waals surface area contributed by atoms with Gasteiger partial charge < -0.3 is 4.90 Å². The molecule has 1 aliphatic rings. The molecule has 0 spiro atoms. The summed E-state index contributed by atoms with van der Waals surface area (Å²) >= 11 is 0. The molecule has 1 atom stereocenters. The average molecular weight is 318 g/mol. The molecule has 0 amide bonds. The Kier molecular flexibility index (Phi) is 7.10. The first-order valence-corrected chi connectivity index (χ1v) is 8.91. The number of benzene rings is 1. The minimum Gasteiger partial charge on any atom is -0.367 e. The second kappa shape index (κ2) is 9.07. The Morgan fingerprint density at radius 2 is 1.83 bits per heavy atom. The highest BCUT2D eigenvalue weighted by atomic mass is 19.1. The van der Waals surface area contributed by atoms with Gasteiger partial charge in [-0.3, -0.25) is 4.90 Å². The van der Waals surface area contributed by atoms with Crippen LogP contribution in [0.1, 0.15) is 40.0 Å². The Morgan fingerprint density at radius 1 is 1.13 bits per heavy atom. The monoisotopic (exact) mass is 318 g/mol. The van der Waals surface area contributed by atoms with Crippen molar-refractivity contribution in [3.63, 3.8) is 0 Å². The van der Waals surface area contributed by atoms with Crippen LogP contribution < -0.4 is 4.90 Å². The highest BCUT2D eigenvalue weighted by Crippen LogP contribution is 2.20. The number of halogens is 1. The Labute approximate surface area is 141 Å². The summed E-state index contributed by atoms with van der Waals surface area (Å²) in [5.41, 5.74) is 2.17. The van der Waals surface area contributed by atoms with Gasteiger partial charge in [-0.2, -0.15) is 0 Å². The zero-order valence-electron chi connectivity index (χ0n) is 14.9. The summed E-state index contributed by atoms with van der Waals surface area (Å²) in [5, 5.41) is 0. The van der Waals surface area contributed by atoms with E-state index in [4.69, 9.17) is 0 Å². The standard InChI is InChI=1S/C20H31FN2/c1-17(2)7-6-8-18(3)11-12-22-13-15-23(16-14-22)20-10-5-4-9-19(20)21/h4-5,7,9-10,18H,6,8,11-16H2,1-3H3/t18-/m1/s1. The number of nitrogens with zero attached hydrogens (tertiary/aromatic N) is 2. The van der Waals surface area contributed by atoms with E-state index in [1.807, 2.05) is 12.1 Å². The molecule has 1 aliphatic heterocycles. The summed E-state index contributed by atoms with van der Waals surface area (Å²) in [6.07, 6.45) is 6.07. The second-order valence-electron chi connectivity index (χ2n) is 7.03. The van der Waals surface area contributed by atoms with E-state index in [1.165, 1.54) is 31.4 Å². The third-order valence-electron chi connectivity index (χ3n) is 4.72. The molecule has 0 unspecified atom stereocenters. The second-order valence-corrected chi connectivity index (χ2v) is 7.03. The van der Waals surface area contributed by atoms with Gasteiger partial charge in [-0.25, -0.2) is 4.39 Å². The fourth-order valence-electron chi connectivity index (χ4n) is 3.12. The number of hydrogen-bond donors (Lipinski definition) is 0. The molecule has 3 heteroatoms. The summed E-state index contributed by atoms with van der Waals surface area (Å²) in [6, 6.07) is 7.11. The van der Waals surface area contributed by atoms with Gasteiger partial charge in [0.2, 0.25) is 0 Å². The van der Waals surface area contributed by atoms with Gasteiger partial charge in [0.25, 0.3) is 0 Å². The smallest absolute Gasteiger partial charge is 0.146 e. The van der Waals surface area contributed by atoms with Crippen molar-refractivity contribution in [3.05, 3.63) is 41.7 Å². The van der Waals surface area contributed by atoms with Crippen LogP contribution in [0.2, 0.25) is 0 Å². The maximum Gasteiger partial charge on any atom is 0.146 e. The summed E-state index contributed by atoms with van der Waals surface area (Å²) in [7, 11) is 0. The summed E-state index contributed by atoms with van der Waals surface area (Å²) in [5.74, 6) is 0.670. The molecule has 2 rings (SSSR count). The Bertz CT molecular complexity index is 500. The molecule has 0 N–H and O–H groups in total. The van der Waals surface area contributed by atoms with Gasteiger partial charge >= 0.3 is 0 Å². The normalized spacial score (nSPS) is 17.1. The minimum absolute atomic E-state index is 0.103. The molecule has 2 nitrogen and oxygen atoms in total. The lowest BCUT2D eigenvalue weighted by Gasteiger charge is -2.36. The molecule has 0 saturated carbocycles. The third-order valence-corrected chi connectivity index (χ3v) is 4.72. The largest absolute Gasteiger partial charge is 0.367 e. The van der Waals surface area contributed by atoms with Crippen molar-refractivity contribution in [3.8, 4) is 0 Å². The van der Waals surface area contributed by atoms with E-state index in [-0.39, 0.29) is 5.82 Å². The molecular weight excluding hydrogens is 287 g/mol. The molecule has 1 aromatic rings. The maximum absolute atomic E-state index is 13.8. The molecule has 23 heavy (non-hydrogen) atoms. The first-order chi connectivity index (χ1) is 11.1. The van der Waals surface area contributed by atoms with E-state index >= 15 is 0 Å². The van der Waals surface area contributed by atoms with Crippen molar-refractivity contribution in [2.24, 2.45) is 5.92 Å². The van der Waals surface area contributed by atoms with Crippen LogP contribution in [0.5, 0.6) is 0 Å². The number of para-hydroxylation sites is 1. The van der Waals surface area contributed by atoms with Crippen LogP contribution in [0, 0.1) is 11.7 Å². The van der Waals surface area contributed by atoms with Crippen molar-refractivity contribution in [2.75, 3.05) is 37.6 Å². The Hall–Kier alpha value is -1.35. The van der Waals surface area contributed by atoms with Crippen molar-refractivity contribution < 1.29 is 4.39 Å². The van der Waals surface area contributed by atoms with Crippen molar-refractivity contribution in [2.45, 2.75) is 40.0 Å². The van der Waals surface area contributed by atoms with Gasteiger partial charge in [0.05, 0.1) is 5.69 Å². The SMILES string of the molecule is CC(C)=CCC[C@@H](C)CCN1CCN(c2ccccc2F)CC1. The Balaban J connectivity index is 1.69. The van der Waals surface area contributed by atoms with Crippen molar-refractivity contribution in [1.29, 1.82) is 0 Å². The fraction of sp³-hybridized carbons (Fsp3) is 0.600. The van der Waals surface area contributed by atoms with Gasteiger partial charge in [0.15, 0.2) is 0 Å². The van der Waals surface area contributed by atoms with Crippen LogP contribution in [-0.4, -0.2) is 37.6 Å². The summed E-state index contributed by atoms with van der Waals surface area (Å²) < 4.78 is 13.8. The predicted octanol–water partition coefficient (Wildman–Crippen LogP) is 4.72. The number of hydrogen-bond acceptors (Lipinski definition) is 2. The maximum atomic E-state index is 13.8. The van der Waals surface area contributed by atoms with Gasteiger partial charge in [-0.05, 0) is 57.7 Å². The molecule has 0 aromatic heterocycles. The highest BCUT2D eigenvalue weighted by molar-refractivity contribution is 5.47. The lowest BCUT2D eigenvalue weighted by molar-refractivity contribution is 0.238. The average Bonchev–Trinajstić information content (AvgIpc) is 2.54. The molecule has 128 valence electrons. The van der Waals surface area contributed by atoms with Crippen LogP contribution in [0.15, 0.2) is 35.9 Å². The number of rotatable bonds is 7. The lowest BCUT2D eigenvalue weighted by Crippen LogP contribution is -2.47. The number of piperazine rings is 1. The topological polar surface area (TPSA) is 6.48 Å². The van der Waals surface area contributed by atoms with E-state index in [9.17, 15) is 4.39 Å². The Morgan fingerprint density at radius 3 is 2.48 bits per heavy atom. The van der Waals surface area contributed by atoms with E-state index in [0.717, 1.165) is 37.8 Å². The fourth-order valence-corrected chi connectivity index (χ4v) is 3.12.